The van der Waals surface area contributed by atoms with E-state index in [1.807, 2.05) is 19.1 Å². The molecule has 1 heterocycles. The van der Waals surface area contributed by atoms with Gasteiger partial charge in [-0.05, 0) is 99.0 Å². The fraction of sp³-hybridized carbons (Fsp3) is 0.206. The summed E-state index contributed by atoms with van der Waals surface area (Å²) >= 11 is 5.97. The molecule has 210 valence electrons. The quantitative estimate of drug-likeness (QED) is 0.177. The molecule has 0 amide bonds. The van der Waals surface area contributed by atoms with Crippen molar-refractivity contribution in [1.29, 1.82) is 0 Å². The van der Waals surface area contributed by atoms with Gasteiger partial charge in [-0.3, -0.25) is 0 Å². The summed E-state index contributed by atoms with van der Waals surface area (Å²) < 4.78 is 31.8. The minimum atomic E-state index is -0.501. The van der Waals surface area contributed by atoms with E-state index in [0.29, 0.717) is 27.8 Å². The lowest BCUT2D eigenvalue weighted by atomic mass is 9.85. The molecule has 5 rings (SSSR count). The molecule has 1 aliphatic heterocycles. The highest BCUT2D eigenvalue weighted by Gasteiger charge is 2.27. The molecule has 0 spiro atoms. The van der Waals surface area contributed by atoms with Gasteiger partial charge >= 0.3 is 5.97 Å². The number of anilines is 1. The topological polar surface area (TPSA) is 56.8 Å². The van der Waals surface area contributed by atoms with Crippen molar-refractivity contribution in [3.63, 3.8) is 0 Å². The van der Waals surface area contributed by atoms with Gasteiger partial charge in [-0.25, -0.2) is 9.18 Å². The molecule has 1 N–H and O–H groups in total. The molecule has 0 unspecified atom stereocenters. The Morgan fingerprint density at radius 3 is 2.41 bits per heavy atom. The first kappa shape index (κ1) is 28.2. The van der Waals surface area contributed by atoms with Gasteiger partial charge in [0.2, 0.25) is 0 Å². The molecule has 0 aromatic heterocycles. The molecule has 0 bridgehead atoms. The molecule has 1 aliphatic rings. The highest BCUT2D eigenvalue weighted by Crippen LogP contribution is 2.44. The van der Waals surface area contributed by atoms with Crippen LogP contribution >= 0.6 is 11.6 Å². The standard InChI is InChI=1S/C34H31ClFNO4/c1-20-6-11-24(36)16-31(20)40-19-28-26(13-14-29-32(28)21(2)18-34(3,4)37-29)27-17-25(12-15-30(27)39-5)41-33(38)22-7-9-23(35)10-8-22/h6-18,37H,19H2,1-5H3. The minimum Gasteiger partial charge on any atom is -0.496 e. The number of carbonyl (C=O) groups is 1. The average molecular weight is 572 g/mol. The highest BCUT2D eigenvalue weighted by atomic mass is 35.5. The molecule has 0 atom stereocenters. The van der Waals surface area contributed by atoms with Crippen molar-refractivity contribution in [2.75, 3.05) is 12.4 Å². The molecule has 41 heavy (non-hydrogen) atoms. The van der Waals surface area contributed by atoms with Crippen molar-refractivity contribution in [3.05, 3.63) is 112 Å². The Bertz CT molecular complexity index is 1660. The van der Waals surface area contributed by atoms with Gasteiger partial charge in [-0.1, -0.05) is 29.8 Å². The summed E-state index contributed by atoms with van der Waals surface area (Å²) in [5, 5.41) is 4.12. The van der Waals surface area contributed by atoms with Crippen LogP contribution in [0, 0.1) is 12.7 Å². The Kier molecular flexibility index (Phi) is 7.78. The number of nitrogens with one attached hydrogen (secondary N) is 1. The maximum Gasteiger partial charge on any atom is 0.343 e. The lowest BCUT2D eigenvalue weighted by Crippen LogP contribution is -2.32. The van der Waals surface area contributed by atoms with Crippen LogP contribution in [-0.2, 0) is 6.61 Å². The Hall–Kier alpha value is -4.29. The number of carbonyl (C=O) groups excluding carboxylic acids is 1. The molecule has 4 aromatic carbocycles. The van der Waals surface area contributed by atoms with Gasteiger partial charge in [0.05, 0.1) is 18.2 Å². The Morgan fingerprint density at radius 1 is 0.927 bits per heavy atom. The summed E-state index contributed by atoms with van der Waals surface area (Å²) in [6, 6.07) is 20.3. The molecule has 0 radical (unpaired) electrons. The molecule has 4 aromatic rings. The van der Waals surface area contributed by atoms with Crippen LogP contribution < -0.4 is 19.5 Å². The first-order valence-electron chi connectivity index (χ1n) is 13.2. The molecule has 5 nitrogen and oxygen atoms in total. The van der Waals surface area contributed by atoms with Gasteiger partial charge in [0.1, 0.15) is 29.7 Å². The van der Waals surface area contributed by atoms with Crippen LogP contribution in [0.2, 0.25) is 5.02 Å². The number of ether oxygens (including phenoxy) is 3. The second-order valence-corrected chi connectivity index (χ2v) is 11.1. The molecular formula is C34H31ClFNO4. The van der Waals surface area contributed by atoms with Crippen LogP contribution in [0.3, 0.4) is 0 Å². The lowest BCUT2D eigenvalue weighted by Gasteiger charge is -2.33. The normalized spacial score (nSPS) is 13.5. The molecule has 0 fully saturated rings. The van der Waals surface area contributed by atoms with Crippen LogP contribution in [0.5, 0.6) is 17.2 Å². The van der Waals surface area contributed by atoms with E-state index in [9.17, 15) is 9.18 Å². The number of methoxy groups -OCH3 is 1. The lowest BCUT2D eigenvalue weighted by molar-refractivity contribution is 0.0734. The van der Waals surface area contributed by atoms with Crippen molar-refractivity contribution in [2.24, 2.45) is 0 Å². The zero-order valence-corrected chi connectivity index (χ0v) is 24.4. The van der Waals surface area contributed by atoms with Crippen LogP contribution in [0.4, 0.5) is 10.1 Å². The van der Waals surface area contributed by atoms with Crippen molar-refractivity contribution in [2.45, 2.75) is 39.8 Å². The third kappa shape index (κ3) is 6.08. The first-order valence-corrected chi connectivity index (χ1v) is 13.6. The first-order chi connectivity index (χ1) is 19.5. The Labute approximate surface area is 244 Å². The molecule has 0 aliphatic carbocycles. The predicted molar refractivity (Wildman–Crippen MR) is 162 cm³/mol. The summed E-state index contributed by atoms with van der Waals surface area (Å²) in [5.41, 5.74) is 6.50. The number of allylic oxidation sites excluding steroid dienone is 1. The number of halogens is 2. The summed E-state index contributed by atoms with van der Waals surface area (Å²) in [5.74, 6) is 0.566. The zero-order valence-electron chi connectivity index (χ0n) is 23.6. The SMILES string of the molecule is COc1ccc(OC(=O)c2ccc(Cl)cc2)cc1-c1ccc2c(c1COc1cc(F)ccc1C)C(C)=CC(C)(C)N2. The number of hydrogen-bond acceptors (Lipinski definition) is 5. The third-order valence-electron chi connectivity index (χ3n) is 7.02. The Morgan fingerprint density at radius 2 is 1.68 bits per heavy atom. The number of hydrogen-bond donors (Lipinski definition) is 1. The van der Waals surface area contributed by atoms with Crippen molar-refractivity contribution in [3.8, 4) is 28.4 Å². The second-order valence-electron chi connectivity index (χ2n) is 10.6. The predicted octanol–water partition coefficient (Wildman–Crippen LogP) is 8.87. The molecule has 7 heteroatoms. The van der Waals surface area contributed by atoms with E-state index in [2.05, 4.69) is 32.2 Å². The van der Waals surface area contributed by atoms with E-state index in [4.69, 9.17) is 25.8 Å². The molecule has 0 saturated heterocycles. The highest BCUT2D eigenvalue weighted by molar-refractivity contribution is 6.30. The van der Waals surface area contributed by atoms with E-state index in [-0.39, 0.29) is 18.0 Å². The van der Waals surface area contributed by atoms with Crippen molar-refractivity contribution >= 4 is 28.8 Å². The van der Waals surface area contributed by atoms with Crippen LogP contribution in [-0.4, -0.2) is 18.6 Å². The fourth-order valence-electron chi connectivity index (χ4n) is 5.19. The number of esters is 1. The average Bonchev–Trinajstić information content (AvgIpc) is 2.93. The van der Waals surface area contributed by atoms with E-state index < -0.39 is 5.97 Å². The van der Waals surface area contributed by atoms with Gasteiger partial charge in [0, 0.05) is 33.5 Å². The summed E-state index contributed by atoms with van der Waals surface area (Å²) in [7, 11) is 1.60. The third-order valence-corrected chi connectivity index (χ3v) is 7.27. The summed E-state index contributed by atoms with van der Waals surface area (Å²) in [4.78, 5) is 12.8. The molecule has 0 saturated carbocycles. The maximum atomic E-state index is 14.1. The number of rotatable bonds is 7. The largest absolute Gasteiger partial charge is 0.496 e. The van der Waals surface area contributed by atoms with E-state index in [0.717, 1.165) is 39.1 Å². The van der Waals surface area contributed by atoms with Crippen LogP contribution in [0.25, 0.3) is 16.7 Å². The Balaban J connectivity index is 1.60. The van der Waals surface area contributed by atoms with Gasteiger partial charge in [-0.2, -0.15) is 0 Å². The number of benzene rings is 4. The number of fused-ring (bicyclic) bond motifs is 1. The van der Waals surface area contributed by atoms with Crippen LogP contribution in [0.15, 0.2) is 78.9 Å². The zero-order chi connectivity index (χ0) is 29.3. The smallest absolute Gasteiger partial charge is 0.343 e. The van der Waals surface area contributed by atoms with Gasteiger partial charge < -0.3 is 19.5 Å². The summed E-state index contributed by atoms with van der Waals surface area (Å²) in [6.45, 7) is 8.35. The minimum absolute atomic E-state index is 0.175. The second kappa shape index (κ2) is 11.3. The van der Waals surface area contributed by atoms with E-state index >= 15 is 0 Å². The van der Waals surface area contributed by atoms with Crippen LogP contribution in [0.1, 0.15) is 47.8 Å². The van der Waals surface area contributed by atoms with Crippen molar-refractivity contribution < 1.29 is 23.4 Å². The van der Waals surface area contributed by atoms with Gasteiger partial charge in [0.15, 0.2) is 0 Å². The molecular weight excluding hydrogens is 541 g/mol. The maximum absolute atomic E-state index is 14.1. The van der Waals surface area contributed by atoms with Gasteiger partial charge in [-0.15, -0.1) is 0 Å². The number of aryl methyl sites for hydroxylation is 1. The monoisotopic (exact) mass is 571 g/mol. The van der Waals surface area contributed by atoms with Gasteiger partial charge in [0.25, 0.3) is 0 Å². The van der Waals surface area contributed by atoms with E-state index in [1.165, 1.54) is 12.1 Å². The fourth-order valence-corrected chi connectivity index (χ4v) is 5.32. The summed E-state index contributed by atoms with van der Waals surface area (Å²) in [6.07, 6.45) is 2.18. The van der Waals surface area contributed by atoms with E-state index in [1.54, 1.807) is 55.6 Å². The van der Waals surface area contributed by atoms with Crippen molar-refractivity contribution in [1.82, 2.24) is 0 Å².